The number of fused-ring (bicyclic) bond motifs is 1. The first-order valence-electron chi connectivity index (χ1n) is 7.71. The van der Waals surface area contributed by atoms with Gasteiger partial charge in [-0.15, -0.1) is 0 Å². The minimum Gasteiger partial charge on any atom is -0.366 e. The van der Waals surface area contributed by atoms with E-state index >= 15 is 0 Å². The smallest absolute Gasteiger partial charge is 0.263 e. The van der Waals surface area contributed by atoms with Crippen LogP contribution >= 0.6 is 0 Å². The first-order valence-corrected chi connectivity index (χ1v) is 7.71. The summed E-state index contributed by atoms with van der Waals surface area (Å²) in [6, 6.07) is 9.46. The Morgan fingerprint density at radius 2 is 1.96 bits per heavy atom. The maximum Gasteiger partial charge on any atom is 0.263 e. The Morgan fingerprint density at radius 1 is 1.25 bits per heavy atom. The number of nitrogens with one attached hydrogen (secondary N) is 2. The third-order valence-electron chi connectivity index (χ3n) is 4.26. The van der Waals surface area contributed by atoms with Gasteiger partial charge < -0.3 is 15.5 Å². The summed E-state index contributed by atoms with van der Waals surface area (Å²) in [5.41, 5.74) is 4.57. The highest BCUT2D eigenvalue weighted by molar-refractivity contribution is 5.94. The van der Waals surface area contributed by atoms with E-state index < -0.39 is 6.43 Å². The summed E-state index contributed by atoms with van der Waals surface area (Å²) in [4.78, 5) is 14.4. The lowest BCUT2D eigenvalue weighted by molar-refractivity contribution is 0.0950. The lowest BCUT2D eigenvalue weighted by Crippen LogP contribution is -2.25. The molecule has 1 amide bonds. The Balaban J connectivity index is 1.74. The van der Waals surface area contributed by atoms with Crippen LogP contribution in [-0.4, -0.2) is 19.6 Å². The molecule has 1 heterocycles. The molecule has 2 N–H and O–H groups in total. The van der Waals surface area contributed by atoms with Crippen LogP contribution in [0.1, 0.15) is 33.5 Å². The van der Waals surface area contributed by atoms with E-state index in [2.05, 4.69) is 15.5 Å². The summed E-state index contributed by atoms with van der Waals surface area (Å²) in [5, 5.41) is 6.17. The van der Waals surface area contributed by atoms with Gasteiger partial charge in [-0.25, -0.2) is 8.78 Å². The molecule has 0 saturated carbocycles. The van der Waals surface area contributed by atoms with Crippen LogP contribution < -0.4 is 15.5 Å². The molecule has 0 aliphatic carbocycles. The molecule has 0 saturated heterocycles. The molecule has 2 aromatic carbocycles. The van der Waals surface area contributed by atoms with E-state index in [0.717, 1.165) is 29.2 Å². The molecule has 2 aromatic rings. The minimum atomic E-state index is -2.53. The molecule has 1 aliphatic heterocycles. The summed E-state index contributed by atoms with van der Waals surface area (Å²) in [5.74, 6) is -0.276. The third-order valence-corrected chi connectivity index (χ3v) is 4.26. The average Bonchev–Trinajstić information content (AvgIpc) is 2.95. The second kappa shape index (κ2) is 6.47. The molecule has 0 bridgehead atoms. The van der Waals surface area contributed by atoms with Gasteiger partial charge in [0, 0.05) is 24.7 Å². The average molecular weight is 331 g/mol. The van der Waals surface area contributed by atoms with E-state index in [-0.39, 0.29) is 11.5 Å². The van der Waals surface area contributed by atoms with Crippen LogP contribution in [0.25, 0.3) is 0 Å². The van der Waals surface area contributed by atoms with Gasteiger partial charge in [0.2, 0.25) is 0 Å². The summed E-state index contributed by atoms with van der Waals surface area (Å²) in [6.07, 6.45) is -2.53. The predicted octanol–water partition coefficient (Wildman–Crippen LogP) is 3.68. The number of alkyl halides is 2. The van der Waals surface area contributed by atoms with Gasteiger partial charge in [0.1, 0.15) is 0 Å². The van der Waals surface area contributed by atoms with E-state index in [4.69, 9.17) is 0 Å². The number of halogens is 2. The number of nitrogens with zero attached hydrogens (tertiary/aromatic N) is 1. The van der Waals surface area contributed by atoms with Gasteiger partial charge >= 0.3 is 0 Å². The van der Waals surface area contributed by atoms with Gasteiger partial charge in [0.15, 0.2) is 0 Å². The molecule has 0 atom stereocenters. The van der Waals surface area contributed by atoms with Crippen molar-refractivity contribution in [1.82, 2.24) is 5.32 Å². The summed E-state index contributed by atoms with van der Waals surface area (Å²) >= 11 is 0. The summed E-state index contributed by atoms with van der Waals surface area (Å²) < 4.78 is 25.1. The normalized spacial score (nSPS) is 13.0. The number of amides is 1. The van der Waals surface area contributed by atoms with Gasteiger partial charge in [-0.2, -0.15) is 0 Å². The summed E-state index contributed by atoms with van der Waals surface area (Å²) in [6.45, 7) is 3.12. The van der Waals surface area contributed by atoms with E-state index in [1.165, 1.54) is 24.3 Å². The maximum atomic E-state index is 12.6. The lowest BCUT2D eigenvalue weighted by atomic mass is 10.0. The molecule has 126 valence electrons. The van der Waals surface area contributed by atoms with E-state index in [9.17, 15) is 13.6 Å². The van der Waals surface area contributed by atoms with Crippen LogP contribution in [0.15, 0.2) is 36.4 Å². The SMILES string of the molecule is Cc1ccc2c(c1CNC(=O)c1ccc(C(F)F)cc1)N(C)CN2. The standard InChI is InChI=1S/C18H19F2N3O/c1-11-3-8-15-16(23(2)10-22-15)14(11)9-21-18(24)13-6-4-12(5-7-13)17(19)20/h3-8,17,22H,9-10H2,1-2H3,(H,21,24). The van der Waals surface area contributed by atoms with Crippen molar-refractivity contribution in [2.75, 3.05) is 23.9 Å². The highest BCUT2D eigenvalue weighted by Crippen LogP contribution is 2.35. The third kappa shape index (κ3) is 3.04. The Kier molecular flexibility index (Phi) is 4.38. The fourth-order valence-corrected chi connectivity index (χ4v) is 2.87. The van der Waals surface area contributed by atoms with Crippen LogP contribution in [-0.2, 0) is 6.54 Å². The zero-order chi connectivity index (χ0) is 17.3. The number of hydrogen-bond acceptors (Lipinski definition) is 3. The van der Waals surface area contributed by atoms with Crippen molar-refractivity contribution >= 4 is 17.3 Å². The minimum absolute atomic E-state index is 0.0871. The first kappa shape index (κ1) is 16.2. The fourth-order valence-electron chi connectivity index (χ4n) is 2.87. The zero-order valence-electron chi connectivity index (χ0n) is 13.6. The fraction of sp³-hybridized carbons (Fsp3) is 0.278. The van der Waals surface area contributed by atoms with Crippen molar-refractivity contribution in [2.24, 2.45) is 0 Å². The largest absolute Gasteiger partial charge is 0.366 e. The van der Waals surface area contributed by atoms with E-state index in [1.54, 1.807) is 0 Å². The number of carbonyl (C=O) groups excluding carboxylic acids is 1. The van der Waals surface area contributed by atoms with Crippen molar-refractivity contribution < 1.29 is 13.6 Å². The molecule has 3 rings (SSSR count). The van der Waals surface area contributed by atoms with Crippen LogP contribution in [0.4, 0.5) is 20.2 Å². The van der Waals surface area contributed by atoms with E-state index in [0.29, 0.717) is 12.1 Å². The molecular weight excluding hydrogens is 312 g/mol. The number of carbonyl (C=O) groups is 1. The molecule has 0 unspecified atom stereocenters. The number of benzene rings is 2. The molecule has 0 spiro atoms. The summed E-state index contributed by atoms with van der Waals surface area (Å²) in [7, 11) is 1.99. The van der Waals surface area contributed by atoms with E-state index in [1.807, 2.05) is 26.1 Å². The molecular formula is C18H19F2N3O. The molecule has 0 radical (unpaired) electrons. The first-order chi connectivity index (χ1) is 11.5. The molecule has 1 aliphatic rings. The monoisotopic (exact) mass is 331 g/mol. The Bertz CT molecular complexity index is 760. The maximum absolute atomic E-state index is 12.6. The van der Waals surface area contributed by atoms with Crippen molar-refractivity contribution in [2.45, 2.75) is 19.9 Å². The quantitative estimate of drug-likeness (QED) is 0.898. The molecule has 0 fully saturated rings. The van der Waals surface area contributed by atoms with Gasteiger partial charge in [0.25, 0.3) is 12.3 Å². The molecule has 24 heavy (non-hydrogen) atoms. The predicted molar refractivity (Wildman–Crippen MR) is 90.6 cm³/mol. The number of anilines is 2. The highest BCUT2D eigenvalue weighted by atomic mass is 19.3. The Labute approximate surface area is 139 Å². The van der Waals surface area contributed by atoms with Crippen LogP contribution in [0.5, 0.6) is 0 Å². The van der Waals surface area contributed by atoms with Gasteiger partial charge in [-0.05, 0) is 36.2 Å². The van der Waals surface area contributed by atoms with Crippen molar-refractivity contribution in [3.63, 3.8) is 0 Å². The molecule has 0 aromatic heterocycles. The number of aryl methyl sites for hydroxylation is 1. The van der Waals surface area contributed by atoms with Crippen molar-refractivity contribution in [3.8, 4) is 0 Å². The molecule has 6 heteroatoms. The highest BCUT2D eigenvalue weighted by Gasteiger charge is 2.20. The topological polar surface area (TPSA) is 44.4 Å². The van der Waals surface area contributed by atoms with Crippen LogP contribution in [0, 0.1) is 6.92 Å². The van der Waals surface area contributed by atoms with Gasteiger partial charge in [-0.3, -0.25) is 4.79 Å². The van der Waals surface area contributed by atoms with Gasteiger partial charge in [-0.1, -0.05) is 18.2 Å². The molecule has 4 nitrogen and oxygen atoms in total. The second-order valence-corrected chi connectivity index (χ2v) is 5.90. The van der Waals surface area contributed by atoms with Crippen molar-refractivity contribution in [1.29, 1.82) is 0 Å². The second-order valence-electron chi connectivity index (χ2n) is 5.90. The Hall–Kier alpha value is -2.63. The lowest BCUT2D eigenvalue weighted by Gasteiger charge is -2.18. The Morgan fingerprint density at radius 3 is 2.62 bits per heavy atom. The van der Waals surface area contributed by atoms with Crippen LogP contribution in [0.2, 0.25) is 0 Å². The van der Waals surface area contributed by atoms with Gasteiger partial charge in [0.05, 0.1) is 18.0 Å². The number of hydrogen-bond donors (Lipinski definition) is 2. The number of rotatable bonds is 4. The van der Waals surface area contributed by atoms with Crippen molar-refractivity contribution in [3.05, 3.63) is 58.7 Å². The zero-order valence-corrected chi connectivity index (χ0v) is 13.6. The van der Waals surface area contributed by atoms with Crippen LogP contribution in [0.3, 0.4) is 0 Å².